The van der Waals surface area contributed by atoms with E-state index in [1.54, 1.807) is 30.5 Å². The molecule has 1 aromatic heterocycles. The summed E-state index contributed by atoms with van der Waals surface area (Å²) in [6.07, 6.45) is 0.622. The molecule has 1 N–H and O–H groups in total. The fourth-order valence-electron chi connectivity index (χ4n) is 2.21. The highest BCUT2D eigenvalue weighted by Gasteiger charge is 2.08. The summed E-state index contributed by atoms with van der Waals surface area (Å²) >= 11 is 5.84. The van der Waals surface area contributed by atoms with Crippen LogP contribution in [-0.2, 0) is 0 Å². The van der Waals surface area contributed by atoms with Gasteiger partial charge in [-0.25, -0.2) is 4.98 Å². The van der Waals surface area contributed by atoms with E-state index in [0.29, 0.717) is 16.3 Å². The molecule has 3 rings (SSSR count). The first-order chi connectivity index (χ1) is 13.2. The summed E-state index contributed by atoms with van der Waals surface area (Å²) in [5.74, 6) is 17.1. The van der Waals surface area contributed by atoms with E-state index < -0.39 is 6.10 Å². The van der Waals surface area contributed by atoms with Crippen molar-refractivity contribution in [2.75, 3.05) is 0 Å². The van der Waals surface area contributed by atoms with E-state index in [-0.39, 0.29) is 0 Å². The lowest BCUT2D eigenvalue weighted by molar-refractivity contribution is 0.237. The SMILES string of the molecule is OC(C#CC#Cc1ccc(Cl)cc1)c1cccnc1C#Cc1ccccc1. The minimum Gasteiger partial charge on any atom is -0.376 e. The Morgan fingerprint density at radius 3 is 2.30 bits per heavy atom. The van der Waals surface area contributed by atoms with Crippen molar-refractivity contribution in [1.82, 2.24) is 4.98 Å². The molecule has 3 heteroatoms. The van der Waals surface area contributed by atoms with Crippen LogP contribution in [0.1, 0.15) is 28.5 Å². The molecule has 0 spiro atoms. The predicted molar refractivity (Wildman–Crippen MR) is 108 cm³/mol. The van der Waals surface area contributed by atoms with Crippen molar-refractivity contribution in [2.24, 2.45) is 0 Å². The second kappa shape index (κ2) is 9.28. The Labute approximate surface area is 163 Å². The van der Waals surface area contributed by atoms with Crippen molar-refractivity contribution in [3.63, 3.8) is 0 Å². The predicted octanol–water partition coefficient (Wildman–Crippen LogP) is 4.22. The molecular formula is C24H14ClNO. The van der Waals surface area contributed by atoms with Crippen molar-refractivity contribution in [2.45, 2.75) is 6.10 Å². The number of hydrogen-bond acceptors (Lipinski definition) is 2. The van der Waals surface area contributed by atoms with Gasteiger partial charge in [-0.2, -0.15) is 0 Å². The maximum atomic E-state index is 10.4. The van der Waals surface area contributed by atoms with Gasteiger partial charge in [0.05, 0.1) is 0 Å². The highest BCUT2D eigenvalue weighted by Crippen LogP contribution is 2.14. The van der Waals surface area contributed by atoms with Gasteiger partial charge in [0, 0.05) is 27.9 Å². The second-order valence-electron chi connectivity index (χ2n) is 5.49. The van der Waals surface area contributed by atoms with Crippen LogP contribution >= 0.6 is 11.6 Å². The van der Waals surface area contributed by atoms with Crippen molar-refractivity contribution in [3.05, 3.63) is 100 Å². The van der Waals surface area contributed by atoms with E-state index in [1.165, 1.54) is 0 Å². The number of halogens is 1. The van der Waals surface area contributed by atoms with Crippen molar-refractivity contribution in [1.29, 1.82) is 0 Å². The molecule has 2 aromatic carbocycles. The first-order valence-electron chi connectivity index (χ1n) is 8.19. The van der Waals surface area contributed by atoms with Crippen molar-refractivity contribution in [3.8, 4) is 35.5 Å². The Morgan fingerprint density at radius 2 is 1.52 bits per heavy atom. The Hall–Kier alpha value is -3.48. The Bertz CT molecular complexity index is 1100. The van der Waals surface area contributed by atoms with Crippen LogP contribution in [0, 0.1) is 35.5 Å². The van der Waals surface area contributed by atoms with Gasteiger partial charge in [-0.3, -0.25) is 0 Å². The van der Waals surface area contributed by atoms with Crippen LogP contribution in [0.15, 0.2) is 72.9 Å². The highest BCUT2D eigenvalue weighted by molar-refractivity contribution is 6.30. The fraction of sp³-hybridized carbons (Fsp3) is 0.0417. The first kappa shape index (κ1) is 18.3. The molecule has 0 saturated carbocycles. The minimum absolute atomic E-state index is 0.494. The highest BCUT2D eigenvalue weighted by atomic mass is 35.5. The third-order valence-electron chi connectivity index (χ3n) is 3.55. The standard InChI is InChI=1S/C24H14ClNO/c25-21-15-12-20(13-16-21)9-4-5-11-24(27)22-10-6-18-26-23(22)17-14-19-7-2-1-3-8-19/h1-3,6-8,10,12-13,15-16,18,24,27H. The summed E-state index contributed by atoms with van der Waals surface area (Å²) in [6.45, 7) is 0. The summed E-state index contributed by atoms with van der Waals surface area (Å²) in [5.41, 5.74) is 2.73. The van der Waals surface area contributed by atoms with E-state index in [0.717, 1.165) is 11.1 Å². The lowest BCUT2D eigenvalue weighted by Gasteiger charge is -2.04. The van der Waals surface area contributed by atoms with Gasteiger partial charge in [0.2, 0.25) is 0 Å². The summed E-state index contributed by atoms with van der Waals surface area (Å²) in [7, 11) is 0. The summed E-state index contributed by atoms with van der Waals surface area (Å²) < 4.78 is 0. The van der Waals surface area contributed by atoms with Gasteiger partial charge in [0.15, 0.2) is 0 Å². The molecule has 3 aromatic rings. The lowest BCUT2D eigenvalue weighted by atomic mass is 10.1. The van der Waals surface area contributed by atoms with Crippen molar-refractivity contribution >= 4 is 11.6 Å². The Balaban J connectivity index is 1.78. The zero-order valence-electron chi connectivity index (χ0n) is 14.3. The number of aromatic nitrogens is 1. The van der Waals surface area contributed by atoms with E-state index in [1.807, 2.05) is 42.5 Å². The molecule has 1 heterocycles. The van der Waals surface area contributed by atoms with Gasteiger partial charge in [0.25, 0.3) is 0 Å². The summed E-state index contributed by atoms with van der Waals surface area (Å²) in [4.78, 5) is 4.25. The topological polar surface area (TPSA) is 33.1 Å². The average molecular weight is 368 g/mol. The third-order valence-corrected chi connectivity index (χ3v) is 3.81. The molecule has 0 bridgehead atoms. The molecule has 1 unspecified atom stereocenters. The third kappa shape index (κ3) is 5.50. The summed E-state index contributed by atoms with van der Waals surface area (Å²) in [5, 5.41) is 11.0. The zero-order chi connectivity index (χ0) is 18.9. The van der Waals surface area contributed by atoms with Crippen LogP contribution in [0.3, 0.4) is 0 Å². The smallest absolute Gasteiger partial charge is 0.143 e. The van der Waals surface area contributed by atoms with Crippen LogP contribution in [0.5, 0.6) is 0 Å². The lowest BCUT2D eigenvalue weighted by Crippen LogP contribution is -1.99. The van der Waals surface area contributed by atoms with E-state index in [9.17, 15) is 5.11 Å². The quantitative estimate of drug-likeness (QED) is 0.653. The largest absolute Gasteiger partial charge is 0.376 e. The Morgan fingerprint density at radius 1 is 0.778 bits per heavy atom. The molecule has 2 nitrogen and oxygen atoms in total. The minimum atomic E-state index is -1.02. The first-order valence-corrected chi connectivity index (χ1v) is 8.57. The van der Waals surface area contributed by atoms with Crippen molar-refractivity contribution < 1.29 is 5.11 Å². The zero-order valence-corrected chi connectivity index (χ0v) is 15.0. The van der Waals surface area contributed by atoms with Crippen LogP contribution in [0.2, 0.25) is 5.02 Å². The molecule has 0 radical (unpaired) electrons. The molecule has 128 valence electrons. The van der Waals surface area contributed by atoms with E-state index in [4.69, 9.17) is 11.6 Å². The number of aliphatic hydroxyl groups is 1. The number of nitrogens with zero attached hydrogens (tertiary/aromatic N) is 1. The van der Waals surface area contributed by atoms with E-state index in [2.05, 4.69) is 40.5 Å². The normalized spacial score (nSPS) is 10.3. The number of benzene rings is 2. The second-order valence-corrected chi connectivity index (χ2v) is 5.92. The van der Waals surface area contributed by atoms with E-state index >= 15 is 0 Å². The molecule has 0 fully saturated rings. The molecule has 0 amide bonds. The molecule has 27 heavy (non-hydrogen) atoms. The van der Waals surface area contributed by atoms with Crippen LogP contribution < -0.4 is 0 Å². The molecule has 0 aliphatic carbocycles. The molecular weight excluding hydrogens is 354 g/mol. The van der Waals surface area contributed by atoms with Crippen LogP contribution in [0.25, 0.3) is 0 Å². The average Bonchev–Trinajstić information content (AvgIpc) is 2.72. The number of rotatable bonds is 1. The molecule has 0 aliphatic rings. The van der Waals surface area contributed by atoms with Gasteiger partial charge in [0.1, 0.15) is 11.8 Å². The van der Waals surface area contributed by atoms with Gasteiger partial charge < -0.3 is 5.11 Å². The van der Waals surface area contributed by atoms with Gasteiger partial charge in [-0.1, -0.05) is 53.6 Å². The summed E-state index contributed by atoms with van der Waals surface area (Å²) in [6, 6.07) is 20.3. The maximum Gasteiger partial charge on any atom is 0.143 e. The van der Waals surface area contributed by atoms with Gasteiger partial charge in [-0.15, -0.1) is 0 Å². The molecule has 0 saturated heterocycles. The maximum absolute atomic E-state index is 10.4. The monoisotopic (exact) mass is 367 g/mol. The number of pyridine rings is 1. The number of aliphatic hydroxyl groups excluding tert-OH is 1. The van der Waals surface area contributed by atoms with Gasteiger partial charge >= 0.3 is 0 Å². The molecule has 1 atom stereocenters. The molecule has 0 aliphatic heterocycles. The van der Waals surface area contributed by atoms with Crippen LogP contribution in [-0.4, -0.2) is 10.1 Å². The Kier molecular flexibility index (Phi) is 6.30. The number of hydrogen-bond donors (Lipinski definition) is 1. The van der Waals surface area contributed by atoms with Gasteiger partial charge in [-0.05, 0) is 60.2 Å². The fourth-order valence-corrected chi connectivity index (χ4v) is 2.34. The van der Waals surface area contributed by atoms with Crippen LogP contribution in [0.4, 0.5) is 0 Å².